The maximum Gasteiger partial charge on any atom is 0.136 e. The van der Waals surface area contributed by atoms with Gasteiger partial charge in [-0.2, -0.15) is 0 Å². The lowest BCUT2D eigenvalue weighted by molar-refractivity contribution is 0.622. The van der Waals surface area contributed by atoms with E-state index in [-0.39, 0.29) is 0 Å². The molecule has 0 aliphatic carbocycles. The largest absolute Gasteiger partial charge is 0.362 e. The molecule has 0 amide bonds. The molecule has 23 heavy (non-hydrogen) atoms. The molecule has 0 aliphatic heterocycles. The number of hydrogen-bond donors (Lipinski definition) is 0. The zero-order valence-electron chi connectivity index (χ0n) is 15.1. The molecule has 0 atom stereocenters. The third kappa shape index (κ3) is 5.10. The minimum atomic E-state index is 0.767. The Bertz CT molecular complexity index is 658. The zero-order valence-corrected chi connectivity index (χ0v) is 15.1. The van der Waals surface area contributed by atoms with E-state index in [0.717, 1.165) is 29.1 Å². The van der Waals surface area contributed by atoms with Crippen LogP contribution in [0.5, 0.6) is 0 Å². The Morgan fingerprint density at radius 3 is 2.52 bits per heavy atom. The van der Waals surface area contributed by atoms with Gasteiger partial charge in [0.2, 0.25) is 0 Å². The first-order valence-electron chi connectivity index (χ1n) is 7.92. The average molecular weight is 308 g/mol. The predicted molar refractivity (Wildman–Crippen MR) is 103 cm³/mol. The fourth-order valence-corrected chi connectivity index (χ4v) is 2.30. The second kappa shape index (κ2) is 8.94. The molecule has 0 aliphatic rings. The first-order valence-corrected chi connectivity index (χ1v) is 7.92. The van der Waals surface area contributed by atoms with Crippen LogP contribution in [0, 0.1) is 6.92 Å². The summed E-state index contributed by atoms with van der Waals surface area (Å²) in [6.45, 7) is 14.1. The summed E-state index contributed by atoms with van der Waals surface area (Å²) in [5.74, 6) is 0.934. The van der Waals surface area contributed by atoms with Gasteiger partial charge in [0, 0.05) is 19.7 Å². The van der Waals surface area contributed by atoms with Gasteiger partial charge in [-0.05, 0) is 37.0 Å². The van der Waals surface area contributed by atoms with Gasteiger partial charge in [0.25, 0.3) is 0 Å². The van der Waals surface area contributed by atoms with E-state index in [1.807, 2.05) is 44.1 Å². The molecule has 1 rings (SSSR count). The van der Waals surface area contributed by atoms with Crippen LogP contribution in [-0.4, -0.2) is 24.8 Å². The van der Waals surface area contributed by atoms with Crippen molar-refractivity contribution in [3.8, 4) is 0 Å². The molecule has 0 unspecified atom stereocenters. The lowest BCUT2D eigenvalue weighted by Crippen LogP contribution is -2.24. The molecule has 0 radical (unpaired) electrons. The van der Waals surface area contributed by atoms with Gasteiger partial charge >= 0.3 is 0 Å². The number of allylic oxidation sites excluding steroid dienone is 5. The van der Waals surface area contributed by atoms with Crippen molar-refractivity contribution in [3.05, 3.63) is 83.6 Å². The number of aryl methyl sites for hydroxylation is 1. The van der Waals surface area contributed by atoms with Crippen LogP contribution in [0.1, 0.15) is 30.5 Å². The Labute approximate surface area is 141 Å². The number of aliphatic imine (C=N–C) groups is 1. The predicted octanol–water partition coefficient (Wildman–Crippen LogP) is 5.07. The Balaban J connectivity index is 3.27. The average Bonchev–Trinajstić information content (AvgIpc) is 2.52. The van der Waals surface area contributed by atoms with Crippen molar-refractivity contribution < 1.29 is 0 Å². The van der Waals surface area contributed by atoms with Crippen LogP contribution in [-0.2, 0) is 6.42 Å². The Morgan fingerprint density at radius 2 is 1.96 bits per heavy atom. The second-order valence-corrected chi connectivity index (χ2v) is 5.69. The number of hydrogen-bond acceptors (Lipinski definition) is 1. The van der Waals surface area contributed by atoms with Gasteiger partial charge < -0.3 is 4.90 Å². The summed E-state index contributed by atoms with van der Waals surface area (Å²) >= 11 is 0. The summed E-state index contributed by atoms with van der Waals surface area (Å²) in [7, 11) is 4.03. The van der Waals surface area contributed by atoms with Crippen LogP contribution in [0.2, 0.25) is 0 Å². The molecule has 0 fully saturated rings. The molecule has 0 spiro atoms. The summed E-state index contributed by atoms with van der Waals surface area (Å²) in [6, 6.07) is 6.39. The molecule has 1 aromatic rings. The van der Waals surface area contributed by atoms with Gasteiger partial charge in [-0.3, -0.25) is 0 Å². The van der Waals surface area contributed by atoms with Gasteiger partial charge in [0.15, 0.2) is 0 Å². The van der Waals surface area contributed by atoms with Crippen LogP contribution in [0.15, 0.2) is 71.9 Å². The molecule has 2 heteroatoms. The van der Waals surface area contributed by atoms with Gasteiger partial charge in [0.1, 0.15) is 5.84 Å². The van der Waals surface area contributed by atoms with Gasteiger partial charge in [0.05, 0.1) is 5.70 Å². The van der Waals surface area contributed by atoms with Crippen LogP contribution in [0.25, 0.3) is 0 Å². The van der Waals surface area contributed by atoms with E-state index in [4.69, 9.17) is 4.99 Å². The highest BCUT2D eigenvalue weighted by Gasteiger charge is 2.12. The summed E-state index contributed by atoms with van der Waals surface area (Å²) in [4.78, 5) is 6.82. The molecule has 122 valence electrons. The number of benzene rings is 1. The van der Waals surface area contributed by atoms with Crippen molar-refractivity contribution >= 4 is 5.84 Å². The van der Waals surface area contributed by atoms with Crippen LogP contribution < -0.4 is 0 Å². The van der Waals surface area contributed by atoms with Crippen LogP contribution >= 0.6 is 0 Å². The topological polar surface area (TPSA) is 15.6 Å². The maximum atomic E-state index is 4.78. The van der Waals surface area contributed by atoms with Gasteiger partial charge in [-0.1, -0.05) is 62.6 Å². The van der Waals surface area contributed by atoms with Crippen LogP contribution in [0.4, 0.5) is 0 Å². The van der Waals surface area contributed by atoms with E-state index in [1.54, 1.807) is 6.08 Å². The SMILES string of the molecule is C=C/C=C\C=C(/C)C(=C)N=C(c1cccc(CC)c1C)N(C)C. The lowest BCUT2D eigenvalue weighted by atomic mass is 9.99. The van der Waals surface area contributed by atoms with Crippen LogP contribution in [0.3, 0.4) is 0 Å². The highest BCUT2D eigenvalue weighted by molar-refractivity contribution is 6.00. The van der Waals surface area contributed by atoms with Crippen molar-refractivity contribution in [2.45, 2.75) is 27.2 Å². The number of amidine groups is 1. The van der Waals surface area contributed by atoms with E-state index in [9.17, 15) is 0 Å². The van der Waals surface area contributed by atoms with E-state index in [2.05, 4.69) is 45.2 Å². The minimum absolute atomic E-state index is 0.767. The Hall–Kier alpha value is -2.35. The van der Waals surface area contributed by atoms with Crippen molar-refractivity contribution in [3.63, 3.8) is 0 Å². The van der Waals surface area contributed by atoms with Crippen molar-refractivity contribution in [1.82, 2.24) is 4.90 Å². The number of nitrogens with zero attached hydrogens (tertiary/aromatic N) is 2. The highest BCUT2D eigenvalue weighted by atomic mass is 15.1. The third-order valence-corrected chi connectivity index (χ3v) is 3.78. The fraction of sp³-hybridized carbons (Fsp3) is 0.286. The molecule has 0 aromatic heterocycles. The molecular weight excluding hydrogens is 280 g/mol. The molecule has 0 saturated carbocycles. The van der Waals surface area contributed by atoms with Gasteiger partial charge in [-0.15, -0.1) is 0 Å². The number of rotatable bonds is 6. The van der Waals surface area contributed by atoms with E-state index in [0.29, 0.717) is 0 Å². The van der Waals surface area contributed by atoms with E-state index in [1.165, 1.54) is 11.1 Å². The summed E-state index contributed by atoms with van der Waals surface area (Å²) in [5, 5.41) is 0. The normalized spacial score (nSPS) is 12.6. The summed E-state index contributed by atoms with van der Waals surface area (Å²) in [5.41, 5.74) is 5.59. The first kappa shape index (κ1) is 18.7. The maximum absolute atomic E-state index is 4.78. The highest BCUT2D eigenvalue weighted by Crippen LogP contribution is 2.19. The monoisotopic (exact) mass is 308 g/mol. The third-order valence-electron chi connectivity index (χ3n) is 3.78. The molecule has 0 heterocycles. The molecule has 0 bridgehead atoms. The van der Waals surface area contributed by atoms with E-state index < -0.39 is 0 Å². The Kier molecular flexibility index (Phi) is 7.27. The van der Waals surface area contributed by atoms with Crippen molar-refractivity contribution in [1.29, 1.82) is 0 Å². The smallest absolute Gasteiger partial charge is 0.136 e. The second-order valence-electron chi connectivity index (χ2n) is 5.69. The van der Waals surface area contributed by atoms with E-state index >= 15 is 0 Å². The standard InChI is InChI=1S/C21H28N2/c1-8-10-11-13-16(3)18(5)22-21(23(6)7)20-15-12-14-19(9-2)17(20)4/h8,10-15H,1,5,9H2,2-4,6-7H3/b11-10-,16-13+,22-21?. The molecule has 2 nitrogen and oxygen atoms in total. The quantitative estimate of drug-likeness (QED) is 0.407. The Morgan fingerprint density at radius 1 is 1.26 bits per heavy atom. The minimum Gasteiger partial charge on any atom is -0.362 e. The molecule has 0 saturated heterocycles. The molecular formula is C21H28N2. The van der Waals surface area contributed by atoms with Crippen molar-refractivity contribution in [2.75, 3.05) is 14.1 Å². The first-order chi connectivity index (χ1) is 10.9. The summed E-state index contributed by atoms with van der Waals surface area (Å²) < 4.78 is 0. The molecule has 0 N–H and O–H groups in total. The fourth-order valence-electron chi connectivity index (χ4n) is 2.30. The summed E-state index contributed by atoms with van der Waals surface area (Å²) in [6.07, 6.45) is 8.60. The van der Waals surface area contributed by atoms with Gasteiger partial charge in [-0.25, -0.2) is 4.99 Å². The lowest BCUT2D eigenvalue weighted by Gasteiger charge is -2.20. The molecule has 1 aromatic carbocycles. The zero-order chi connectivity index (χ0) is 17.4. The van der Waals surface area contributed by atoms with Crippen molar-refractivity contribution in [2.24, 2.45) is 4.99 Å².